The molecule has 1 rings (SSSR count). The topological polar surface area (TPSA) is 26.3 Å². The van der Waals surface area contributed by atoms with E-state index in [1.54, 1.807) is 0 Å². The number of benzene rings is 1. The summed E-state index contributed by atoms with van der Waals surface area (Å²) in [5.41, 5.74) is 0.916. The molecular formula is C12H10Br2O2. The number of rotatable bonds is 4. The number of para-hydroxylation sites is 1. The Kier molecular flexibility index (Phi) is 5.49. The molecule has 0 unspecified atom stereocenters. The maximum absolute atomic E-state index is 10.7. The molecule has 0 radical (unpaired) electrons. The van der Waals surface area contributed by atoms with Crippen molar-refractivity contribution < 1.29 is 9.53 Å². The highest BCUT2D eigenvalue weighted by molar-refractivity contribution is 9.28. The lowest BCUT2D eigenvalue weighted by Gasteiger charge is -2.04. The minimum atomic E-state index is -0.0466. The predicted octanol–water partition coefficient (Wildman–Crippen LogP) is 4.26. The number of carbonyl (C=O) groups is 1. The maximum atomic E-state index is 10.7. The van der Waals surface area contributed by atoms with Crippen molar-refractivity contribution in [2.45, 2.75) is 6.92 Å². The van der Waals surface area contributed by atoms with Crippen LogP contribution in [0.3, 0.4) is 0 Å². The van der Waals surface area contributed by atoms with Gasteiger partial charge in [0.05, 0.1) is 9.65 Å². The Balaban J connectivity index is 2.87. The van der Waals surface area contributed by atoms with Crippen molar-refractivity contribution in [3.8, 4) is 5.75 Å². The number of ether oxygens (including phenoxy) is 1. The number of ketones is 1. The van der Waals surface area contributed by atoms with E-state index in [2.05, 4.69) is 31.9 Å². The fraction of sp³-hybridized carbons (Fsp3) is 0.0833. The SMILES string of the molecule is CC(=O)/C=C/Oc1ccccc1C=C(Br)Br. The number of allylic oxidation sites excluding steroid dienone is 1. The van der Waals surface area contributed by atoms with E-state index in [9.17, 15) is 4.79 Å². The average Bonchev–Trinajstić information content (AvgIpc) is 2.19. The zero-order valence-electron chi connectivity index (χ0n) is 8.61. The standard InChI is InChI=1S/C12H10Br2O2/c1-9(15)6-7-16-11-5-3-2-4-10(11)8-12(13)14/h2-8H,1H3/b7-6+. The molecule has 0 aromatic heterocycles. The molecule has 2 nitrogen and oxygen atoms in total. The van der Waals surface area contributed by atoms with E-state index in [-0.39, 0.29) is 5.78 Å². The van der Waals surface area contributed by atoms with Gasteiger partial charge in [0.25, 0.3) is 0 Å². The average molecular weight is 346 g/mol. The first-order valence-electron chi connectivity index (χ1n) is 4.55. The van der Waals surface area contributed by atoms with Crippen molar-refractivity contribution in [1.29, 1.82) is 0 Å². The Hall–Kier alpha value is -0.870. The lowest BCUT2D eigenvalue weighted by atomic mass is 10.2. The molecule has 0 fully saturated rings. The van der Waals surface area contributed by atoms with E-state index >= 15 is 0 Å². The van der Waals surface area contributed by atoms with Gasteiger partial charge in [-0.25, -0.2) is 0 Å². The van der Waals surface area contributed by atoms with Gasteiger partial charge in [-0.1, -0.05) is 18.2 Å². The number of halogens is 2. The number of carbonyl (C=O) groups excluding carboxylic acids is 1. The smallest absolute Gasteiger partial charge is 0.155 e. The molecular weight excluding hydrogens is 336 g/mol. The van der Waals surface area contributed by atoms with Crippen LogP contribution in [0.4, 0.5) is 0 Å². The lowest BCUT2D eigenvalue weighted by molar-refractivity contribution is -0.112. The summed E-state index contributed by atoms with van der Waals surface area (Å²) in [7, 11) is 0. The minimum Gasteiger partial charge on any atom is -0.464 e. The second-order valence-electron chi connectivity index (χ2n) is 3.00. The zero-order valence-corrected chi connectivity index (χ0v) is 11.8. The maximum Gasteiger partial charge on any atom is 0.155 e. The van der Waals surface area contributed by atoms with Gasteiger partial charge in [0, 0.05) is 11.6 Å². The van der Waals surface area contributed by atoms with E-state index in [0.717, 1.165) is 8.96 Å². The molecule has 0 aliphatic rings. The summed E-state index contributed by atoms with van der Waals surface area (Å²) in [4.78, 5) is 10.7. The first kappa shape index (κ1) is 13.2. The van der Waals surface area contributed by atoms with E-state index in [1.807, 2.05) is 30.3 Å². The molecule has 0 saturated carbocycles. The first-order valence-corrected chi connectivity index (χ1v) is 6.13. The summed E-state index contributed by atoms with van der Waals surface area (Å²) >= 11 is 6.57. The largest absolute Gasteiger partial charge is 0.464 e. The quantitative estimate of drug-likeness (QED) is 0.602. The van der Waals surface area contributed by atoms with Gasteiger partial charge in [-0.15, -0.1) is 0 Å². The Bertz CT molecular complexity index is 432. The fourth-order valence-corrected chi connectivity index (χ4v) is 1.52. The van der Waals surface area contributed by atoms with Crippen LogP contribution in [0.15, 0.2) is 40.0 Å². The molecule has 0 aliphatic heterocycles. The van der Waals surface area contributed by atoms with Crippen molar-refractivity contribution in [3.05, 3.63) is 45.6 Å². The van der Waals surface area contributed by atoms with Gasteiger partial charge in [0.1, 0.15) is 5.75 Å². The molecule has 84 valence electrons. The molecule has 1 aromatic carbocycles. The van der Waals surface area contributed by atoms with Crippen LogP contribution < -0.4 is 4.74 Å². The van der Waals surface area contributed by atoms with Crippen LogP contribution in [0.5, 0.6) is 5.75 Å². The minimum absolute atomic E-state index is 0.0466. The normalized spacial score (nSPS) is 10.2. The van der Waals surface area contributed by atoms with E-state index in [0.29, 0.717) is 5.75 Å². The lowest BCUT2D eigenvalue weighted by Crippen LogP contribution is -1.88. The second-order valence-corrected chi connectivity index (χ2v) is 5.78. The van der Waals surface area contributed by atoms with Crippen LogP contribution in [0.25, 0.3) is 6.08 Å². The van der Waals surface area contributed by atoms with Gasteiger partial charge in [0.2, 0.25) is 0 Å². The molecule has 0 aliphatic carbocycles. The molecule has 1 aromatic rings. The van der Waals surface area contributed by atoms with Crippen LogP contribution in [-0.2, 0) is 4.79 Å². The molecule has 4 heteroatoms. The Morgan fingerprint density at radius 1 is 1.31 bits per heavy atom. The van der Waals surface area contributed by atoms with Crippen molar-refractivity contribution in [3.63, 3.8) is 0 Å². The molecule has 16 heavy (non-hydrogen) atoms. The van der Waals surface area contributed by atoms with Gasteiger partial charge < -0.3 is 4.74 Å². The van der Waals surface area contributed by atoms with E-state index in [1.165, 1.54) is 19.3 Å². The molecule has 0 atom stereocenters. The van der Waals surface area contributed by atoms with Gasteiger partial charge in [0.15, 0.2) is 5.78 Å². The molecule has 0 amide bonds. The number of hydrogen-bond donors (Lipinski definition) is 0. The van der Waals surface area contributed by atoms with Crippen molar-refractivity contribution >= 4 is 43.7 Å². The Morgan fingerprint density at radius 3 is 2.62 bits per heavy atom. The summed E-state index contributed by atoms with van der Waals surface area (Å²) in [5.74, 6) is 0.645. The van der Waals surface area contributed by atoms with Crippen molar-refractivity contribution in [1.82, 2.24) is 0 Å². The van der Waals surface area contributed by atoms with Crippen molar-refractivity contribution in [2.24, 2.45) is 0 Å². The monoisotopic (exact) mass is 344 g/mol. The summed E-state index contributed by atoms with van der Waals surface area (Å²) < 4.78 is 6.19. The molecule has 0 heterocycles. The van der Waals surface area contributed by atoms with Crippen LogP contribution in [0, 0.1) is 0 Å². The Morgan fingerprint density at radius 2 is 2.00 bits per heavy atom. The molecule has 0 N–H and O–H groups in total. The van der Waals surface area contributed by atoms with Crippen LogP contribution in [0.1, 0.15) is 12.5 Å². The summed E-state index contributed by atoms with van der Waals surface area (Å²) in [6, 6.07) is 7.53. The van der Waals surface area contributed by atoms with E-state index < -0.39 is 0 Å². The van der Waals surface area contributed by atoms with Crippen LogP contribution >= 0.6 is 31.9 Å². The van der Waals surface area contributed by atoms with Gasteiger partial charge >= 0.3 is 0 Å². The molecule has 0 spiro atoms. The van der Waals surface area contributed by atoms with Crippen LogP contribution in [0.2, 0.25) is 0 Å². The first-order chi connectivity index (χ1) is 7.59. The predicted molar refractivity (Wildman–Crippen MR) is 72.7 cm³/mol. The fourth-order valence-electron chi connectivity index (χ4n) is 1.03. The summed E-state index contributed by atoms with van der Waals surface area (Å²) in [5, 5.41) is 0. The third-order valence-electron chi connectivity index (χ3n) is 1.68. The van der Waals surface area contributed by atoms with Gasteiger partial charge in [-0.2, -0.15) is 0 Å². The van der Waals surface area contributed by atoms with Gasteiger partial charge in [-0.05, 0) is 50.9 Å². The highest BCUT2D eigenvalue weighted by Crippen LogP contribution is 2.25. The Labute approximate surface area is 111 Å². The number of hydrogen-bond acceptors (Lipinski definition) is 2. The molecule has 0 saturated heterocycles. The highest BCUT2D eigenvalue weighted by Gasteiger charge is 1.99. The third kappa shape index (κ3) is 4.77. The summed E-state index contributed by atoms with van der Waals surface area (Å²) in [6.45, 7) is 1.47. The summed E-state index contributed by atoms with van der Waals surface area (Å²) in [6.07, 6.45) is 4.64. The third-order valence-corrected chi connectivity index (χ3v) is 2.14. The highest BCUT2D eigenvalue weighted by atomic mass is 79.9. The van der Waals surface area contributed by atoms with Crippen molar-refractivity contribution in [2.75, 3.05) is 0 Å². The zero-order chi connectivity index (χ0) is 12.0. The second kappa shape index (κ2) is 6.66. The van der Waals surface area contributed by atoms with E-state index in [4.69, 9.17) is 4.74 Å². The van der Waals surface area contributed by atoms with Gasteiger partial charge in [-0.3, -0.25) is 4.79 Å². The molecule has 0 bridgehead atoms. The van der Waals surface area contributed by atoms with Crippen LogP contribution in [-0.4, -0.2) is 5.78 Å².